The Morgan fingerprint density at radius 3 is 2.37 bits per heavy atom. The molecule has 6 heteroatoms. The lowest BCUT2D eigenvalue weighted by atomic mass is 10.0. The van der Waals surface area contributed by atoms with Crippen LogP contribution in [0.1, 0.15) is 67.3 Å². The van der Waals surface area contributed by atoms with E-state index in [4.69, 9.17) is 0 Å². The van der Waals surface area contributed by atoms with Gasteiger partial charge in [0.25, 0.3) is 5.91 Å². The molecule has 164 valence electrons. The minimum absolute atomic E-state index is 0.0201. The highest BCUT2D eigenvalue weighted by atomic mass is 16.2. The summed E-state index contributed by atoms with van der Waals surface area (Å²) < 4.78 is 0. The smallest absolute Gasteiger partial charge is 0.319 e. The van der Waals surface area contributed by atoms with Gasteiger partial charge in [0.2, 0.25) is 0 Å². The van der Waals surface area contributed by atoms with E-state index in [9.17, 15) is 9.59 Å². The Morgan fingerprint density at radius 1 is 0.967 bits per heavy atom. The van der Waals surface area contributed by atoms with Gasteiger partial charge < -0.3 is 20.4 Å². The van der Waals surface area contributed by atoms with Gasteiger partial charge in [0.1, 0.15) is 0 Å². The van der Waals surface area contributed by atoms with Crippen molar-refractivity contribution in [1.82, 2.24) is 15.1 Å². The summed E-state index contributed by atoms with van der Waals surface area (Å²) in [6, 6.07) is 5.66. The maximum atomic E-state index is 12.9. The zero-order valence-corrected chi connectivity index (χ0v) is 18.3. The van der Waals surface area contributed by atoms with Crippen LogP contribution in [-0.2, 0) is 0 Å². The molecule has 2 aliphatic heterocycles. The molecule has 6 nitrogen and oxygen atoms in total. The van der Waals surface area contributed by atoms with Crippen LogP contribution in [0, 0.1) is 12.8 Å². The number of para-hydroxylation sites is 1. The molecule has 2 heterocycles. The van der Waals surface area contributed by atoms with Crippen LogP contribution in [-0.4, -0.2) is 60.5 Å². The fourth-order valence-electron chi connectivity index (χ4n) is 5.26. The number of urea groups is 1. The quantitative estimate of drug-likeness (QED) is 0.768. The maximum Gasteiger partial charge on any atom is 0.319 e. The monoisotopic (exact) mass is 412 g/mol. The molecule has 0 radical (unpaired) electrons. The summed E-state index contributed by atoms with van der Waals surface area (Å²) in [6.07, 6.45) is 9.65. The van der Waals surface area contributed by atoms with Crippen molar-refractivity contribution in [3.63, 3.8) is 0 Å². The molecule has 0 aromatic heterocycles. The molecular formula is C24H36N4O2. The molecule has 0 spiro atoms. The second-order valence-electron chi connectivity index (χ2n) is 9.32. The molecule has 3 aliphatic rings. The van der Waals surface area contributed by atoms with Crippen molar-refractivity contribution in [2.75, 3.05) is 38.0 Å². The zero-order valence-electron chi connectivity index (χ0n) is 18.3. The summed E-state index contributed by atoms with van der Waals surface area (Å²) in [7, 11) is 0. The third-order valence-corrected chi connectivity index (χ3v) is 7.05. The van der Waals surface area contributed by atoms with Gasteiger partial charge in [-0.2, -0.15) is 0 Å². The van der Waals surface area contributed by atoms with Gasteiger partial charge in [-0.05, 0) is 63.0 Å². The minimum atomic E-state index is -0.200. The number of nitrogens with one attached hydrogen (secondary N) is 2. The fourth-order valence-corrected chi connectivity index (χ4v) is 5.26. The minimum Gasteiger partial charge on any atom is -0.339 e. The number of likely N-dealkylation sites (tertiary alicyclic amines) is 2. The summed E-state index contributed by atoms with van der Waals surface area (Å²) in [5.41, 5.74) is 2.16. The highest BCUT2D eigenvalue weighted by Gasteiger charge is 2.26. The van der Waals surface area contributed by atoms with Gasteiger partial charge in [-0.25, -0.2) is 4.79 Å². The third-order valence-electron chi connectivity index (χ3n) is 7.05. The second-order valence-corrected chi connectivity index (χ2v) is 9.32. The van der Waals surface area contributed by atoms with E-state index in [2.05, 4.69) is 15.5 Å². The lowest BCUT2D eigenvalue weighted by Crippen LogP contribution is -2.47. The van der Waals surface area contributed by atoms with E-state index in [1.165, 1.54) is 32.2 Å². The van der Waals surface area contributed by atoms with Gasteiger partial charge >= 0.3 is 6.03 Å². The predicted octanol–water partition coefficient (Wildman–Crippen LogP) is 4.01. The zero-order chi connectivity index (χ0) is 20.9. The molecular weight excluding hydrogens is 376 g/mol. The summed E-state index contributed by atoms with van der Waals surface area (Å²) in [5, 5.41) is 6.13. The lowest BCUT2D eigenvalue weighted by molar-refractivity contribution is 0.0794. The Balaban J connectivity index is 1.30. The Labute approximate surface area is 180 Å². The second kappa shape index (κ2) is 9.82. The fraction of sp³-hybridized carbons (Fsp3) is 0.667. The molecule has 2 saturated heterocycles. The molecule has 4 rings (SSSR count). The van der Waals surface area contributed by atoms with Gasteiger partial charge in [0.15, 0.2) is 0 Å². The summed E-state index contributed by atoms with van der Waals surface area (Å²) in [5.74, 6) is 0.900. The first kappa shape index (κ1) is 21.2. The number of nitrogens with zero attached hydrogens (tertiary/aromatic N) is 2. The van der Waals surface area contributed by atoms with Crippen LogP contribution in [0.3, 0.4) is 0 Å². The number of piperidine rings is 1. The van der Waals surface area contributed by atoms with Crippen LogP contribution in [0.4, 0.5) is 10.5 Å². The number of anilines is 1. The van der Waals surface area contributed by atoms with E-state index < -0.39 is 0 Å². The van der Waals surface area contributed by atoms with Gasteiger partial charge in [-0.15, -0.1) is 0 Å². The summed E-state index contributed by atoms with van der Waals surface area (Å²) in [4.78, 5) is 30.1. The number of carbonyl (C=O) groups excluding carboxylic acids is 2. The van der Waals surface area contributed by atoms with Crippen molar-refractivity contribution in [2.45, 2.75) is 64.3 Å². The first-order valence-corrected chi connectivity index (χ1v) is 11.8. The average molecular weight is 413 g/mol. The van der Waals surface area contributed by atoms with E-state index in [0.717, 1.165) is 63.3 Å². The van der Waals surface area contributed by atoms with E-state index in [0.29, 0.717) is 11.3 Å². The topological polar surface area (TPSA) is 64.7 Å². The van der Waals surface area contributed by atoms with Crippen molar-refractivity contribution in [2.24, 2.45) is 5.92 Å². The van der Waals surface area contributed by atoms with E-state index in [1.54, 1.807) is 0 Å². The van der Waals surface area contributed by atoms with Crippen molar-refractivity contribution in [3.8, 4) is 0 Å². The van der Waals surface area contributed by atoms with Gasteiger partial charge in [0.05, 0.1) is 11.3 Å². The Kier molecular flexibility index (Phi) is 6.93. The van der Waals surface area contributed by atoms with Crippen LogP contribution in [0.5, 0.6) is 0 Å². The van der Waals surface area contributed by atoms with Crippen LogP contribution in [0.15, 0.2) is 18.2 Å². The number of carbonyl (C=O) groups is 2. The van der Waals surface area contributed by atoms with Crippen LogP contribution >= 0.6 is 0 Å². The molecule has 3 fully saturated rings. The van der Waals surface area contributed by atoms with Gasteiger partial charge in [0, 0.05) is 38.8 Å². The largest absolute Gasteiger partial charge is 0.339 e. The van der Waals surface area contributed by atoms with Crippen LogP contribution < -0.4 is 10.6 Å². The van der Waals surface area contributed by atoms with Crippen molar-refractivity contribution < 1.29 is 9.59 Å². The van der Waals surface area contributed by atoms with Crippen molar-refractivity contribution in [1.29, 1.82) is 0 Å². The number of benzene rings is 1. The molecule has 1 aliphatic carbocycles. The SMILES string of the molecule is Cc1cccc(C(=O)N2CCCC2)c1NC(=O)NC1CCN(CC2CCCC2)CC1. The van der Waals surface area contributed by atoms with E-state index in [1.807, 2.05) is 30.0 Å². The Bertz CT molecular complexity index is 746. The number of amides is 3. The normalized spacial score (nSPS) is 21.2. The molecule has 1 aromatic rings. The standard InChI is InChI=1S/C24H36N4O2/c1-18-7-6-10-21(23(29)28-13-4-5-14-28)22(18)26-24(30)25-20-11-15-27(16-12-20)17-19-8-2-3-9-19/h6-7,10,19-20H,2-5,8-9,11-17H2,1H3,(H2,25,26,30). The molecule has 2 N–H and O–H groups in total. The first-order chi connectivity index (χ1) is 14.6. The van der Waals surface area contributed by atoms with Gasteiger partial charge in [-0.3, -0.25) is 4.79 Å². The molecule has 1 saturated carbocycles. The van der Waals surface area contributed by atoms with Crippen LogP contribution in [0.25, 0.3) is 0 Å². The molecule has 0 atom stereocenters. The molecule has 1 aromatic carbocycles. The molecule has 30 heavy (non-hydrogen) atoms. The molecule has 0 bridgehead atoms. The number of hydrogen-bond donors (Lipinski definition) is 2. The first-order valence-electron chi connectivity index (χ1n) is 11.8. The highest BCUT2D eigenvalue weighted by molar-refractivity contribution is 6.04. The number of rotatable bonds is 5. The third kappa shape index (κ3) is 5.15. The van der Waals surface area contributed by atoms with Crippen molar-refractivity contribution >= 4 is 17.6 Å². The predicted molar refractivity (Wildman–Crippen MR) is 120 cm³/mol. The maximum absolute atomic E-state index is 12.9. The Morgan fingerprint density at radius 2 is 1.67 bits per heavy atom. The summed E-state index contributed by atoms with van der Waals surface area (Å²) in [6.45, 7) is 6.90. The lowest BCUT2D eigenvalue weighted by Gasteiger charge is -2.33. The number of hydrogen-bond acceptors (Lipinski definition) is 3. The number of aryl methyl sites for hydroxylation is 1. The Hall–Kier alpha value is -2.08. The highest BCUT2D eigenvalue weighted by Crippen LogP contribution is 2.27. The van der Waals surface area contributed by atoms with Crippen molar-refractivity contribution in [3.05, 3.63) is 29.3 Å². The average Bonchev–Trinajstić information content (AvgIpc) is 3.45. The molecule has 0 unspecified atom stereocenters. The summed E-state index contributed by atoms with van der Waals surface area (Å²) >= 11 is 0. The van der Waals surface area contributed by atoms with E-state index >= 15 is 0 Å². The van der Waals surface area contributed by atoms with Crippen LogP contribution in [0.2, 0.25) is 0 Å². The molecule has 3 amide bonds. The van der Waals surface area contributed by atoms with E-state index in [-0.39, 0.29) is 18.0 Å². The van der Waals surface area contributed by atoms with Gasteiger partial charge in [-0.1, -0.05) is 25.0 Å².